The first-order valence-electron chi connectivity index (χ1n) is 13.1. The first-order chi connectivity index (χ1) is 18.7. The van der Waals surface area contributed by atoms with Crippen molar-refractivity contribution in [3.63, 3.8) is 0 Å². The lowest BCUT2D eigenvalue weighted by molar-refractivity contribution is 0.124. The van der Waals surface area contributed by atoms with E-state index in [1.165, 1.54) is 28.8 Å². The van der Waals surface area contributed by atoms with Crippen LogP contribution in [0.15, 0.2) is 78.2 Å². The predicted molar refractivity (Wildman–Crippen MR) is 155 cm³/mol. The summed E-state index contributed by atoms with van der Waals surface area (Å²) in [4.78, 5) is 9.69. The van der Waals surface area contributed by atoms with Crippen LogP contribution in [-0.4, -0.2) is 38.9 Å². The minimum absolute atomic E-state index is 0.512. The molecular weight excluding hydrogens is 494 g/mol. The smallest absolute Gasteiger partial charge is 0.186 e. The number of benzene rings is 3. The van der Waals surface area contributed by atoms with Crippen molar-refractivity contribution in [3.8, 4) is 11.5 Å². The maximum atomic E-state index is 6.08. The zero-order valence-electron chi connectivity index (χ0n) is 22.1. The molecule has 1 aromatic heterocycles. The Hall–Kier alpha value is -3.55. The van der Waals surface area contributed by atoms with E-state index >= 15 is 0 Å². The molecule has 3 aromatic carbocycles. The summed E-state index contributed by atoms with van der Waals surface area (Å²) in [5.74, 6) is 1.71. The van der Waals surface area contributed by atoms with Crippen molar-refractivity contribution in [2.75, 3.05) is 43.7 Å². The van der Waals surface area contributed by atoms with Crippen LogP contribution in [0.2, 0.25) is 0 Å². The van der Waals surface area contributed by atoms with Crippen LogP contribution in [0, 0.1) is 0 Å². The van der Waals surface area contributed by atoms with Gasteiger partial charge in [0.25, 0.3) is 0 Å². The van der Waals surface area contributed by atoms with E-state index in [9.17, 15) is 0 Å². The first kappa shape index (κ1) is 26.1. The van der Waals surface area contributed by atoms with Crippen molar-refractivity contribution >= 4 is 22.2 Å². The highest BCUT2D eigenvalue weighted by molar-refractivity contribution is 7.13. The topological polar surface area (TPSA) is 47.1 Å². The average Bonchev–Trinajstić information content (AvgIpc) is 3.44. The van der Waals surface area contributed by atoms with Crippen molar-refractivity contribution in [2.24, 2.45) is 0 Å². The number of ether oxygens (including phenoxy) is 3. The molecule has 5 rings (SSSR count). The first-order valence-corrected chi connectivity index (χ1v) is 14.0. The van der Waals surface area contributed by atoms with Gasteiger partial charge >= 0.3 is 0 Å². The maximum Gasteiger partial charge on any atom is 0.186 e. The molecule has 0 saturated heterocycles. The number of methoxy groups -OCH3 is 2. The van der Waals surface area contributed by atoms with Gasteiger partial charge in [-0.15, -0.1) is 11.3 Å². The van der Waals surface area contributed by atoms with Crippen LogP contribution < -0.4 is 19.3 Å². The van der Waals surface area contributed by atoms with E-state index in [0.717, 1.165) is 54.9 Å². The summed E-state index contributed by atoms with van der Waals surface area (Å²) < 4.78 is 17.0. The molecule has 2 heterocycles. The molecule has 0 amide bonds. The molecule has 4 aromatic rings. The molecule has 0 saturated carbocycles. The fourth-order valence-electron chi connectivity index (χ4n) is 4.88. The number of aryl methyl sites for hydroxylation is 1. The minimum Gasteiger partial charge on any atom is -0.497 e. The zero-order chi connectivity index (χ0) is 26.2. The van der Waals surface area contributed by atoms with Gasteiger partial charge in [-0.25, -0.2) is 4.98 Å². The summed E-state index contributed by atoms with van der Waals surface area (Å²) in [5.41, 5.74) is 6.09. The number of para-hydroxylation sites is 1. The third-order valence-corrected chi connectivity index (χ3v) is 7.74. The van der Waals surface area contributed by atoms with Crippen molar-refractivity contribution in [1.82, 2.24) is 4.98 Å². The van der Waals surface area contributed by atoms with Crippen molar-refractivity contribution in [1.29, 1.82) is 0 Å². The molecule has 0 spiro atoms. The quantitative estimate of drug-likeness (QED) is 0.200. The van der Waals surface area contributed by atoms with Gasteiger partial charge in [-0.05, 0) is 59.9 Å². The summed E-state index contributed by atoms with van der Waals surface area (Å²) in [6, 6.07) is 25.1. The SMILES string of the molecule is COc1cccc(CN(Cc2cccc(OC)c2)c2nc(COCCN3CCCc4ccccc43)cs2)c1. The lowest BCUT2D eigenvalue weighted by Gasteiger charge is -2.31. The Morgan fingerprint density at radius 2 is 1.61 bits per heavy atom. The van der Waals surface area contributed by atoms with Gasteiger partial charge in [0.05, 0.1) is 33.1 Å². The monoisotopic (exact) mass is 529 g/mol. The molecule has 1 aliphatic rings. The number of hydrogen-bond donors (Lipinski definition) is 0. The molecule has 0 radical (unpaired) electrons. The number of anilines is 2. The van der Waals surface area contributed by atoms with Crippen molar-refractivity contribution in [2.45, 2.75) is 32.5 Å². The Labute approximate surface area is 229 Å². The second kappa shape index (κ2) is 12.8. The van der Waals surface area contributed by atoms with E-state index in [1.807, 2.05) is 24.3 Å². The van der Waals surface area contributed by atoms with E-state index in [2.05, 4.69) is 63.7 Å². The van der Waals surface area contributed by atoms with E-state index in [4.69, 9.17) is 19.2 Å². The van der Waals surface area contributed by atoms with Gasteiger partial charge in [0.1, 0.15) is 11.5 Å². The Bertz CT molecular complexity index is 1280. The predicted octanol–water partition coefficient (Wildman–Crippen LogP) is 6.34. The molecule has 7 heteroatoms. The molecule has 0 unspecified atom stereocenters. The third-order valence-electron chi connectivity index (χ3n) is 6.79. The van der Waals surface area contributed by atoms with Crippen LogP contribution in [0.5, 0.6) is 11.5 Å². The van der Waals surface area contributed by atoms with Gasteiger partial charge in [0, 0.05) is 37.2 Å². The Morgan fingerprint density at radius 3 is 2.32 bits per heavy atom. The highest BCUT2D eigenvalue weighted by atomic mass is 32.1. The van der Waals surface area contributed by atoms with E-state index in [-0.39, 0.29) is 0 Å². The summed E-state index contributed by atoms with van der Waals surface area (Å²) >= 11 is 1.65. The number of hydrogen-bond acceptors (Lipinski definition) is 7. The summed E-state index contributed by atoms with van der Waals surface area (Å²) in [7, 11) is 3.40. The molecular formula is C31H35N3O3S. The lowest BCUT2D eigenvalue weighted by atomic mass is 10.0. The second-order valence-electron chi connectivity index (χ2n) is 9.45. The molecule has 0 bridgehead atoms. The van der Waals surface area contributed by atoms with E-state index < -0.39 is 0 Å². The summed E-state index contributed by atoms with van der Waals surface area (Å²) in [6.45, 7) is 4.61. The Balaban J connectivity index is 1.23. The standard InChI is InChI=1S/C31H35N3O3S/c1-35-28-12-5-8-24(18-28)20-34(21-25-9-6-13-29(19-25)36-2)31-32-27(23-38-31)22-37-17-16-33-15-7-11-26-10-3-4-14-30(26)33/h3-6,8-10,12-14,18-19,23H,7,11,15-17,20-22H2,1-2H3. The van der Waals surface area contributed by atoms with E-state index in [0.29, 0.717) is 13.2 Å². The van der Waals surface area contributed by atoms with Crippen LogP contribution in [0.25, 0.3) is 0 Å². The molecule has 0 aliphatic carbocycles. The van der Waals surface area contributed by atoms with Gasteiger partial charge in [-0.1, -0.05) is 42.5 Å². The molecule has 0 atom stereocenters. The Kier molecular flexibility index (Phi) is 8.78. The number of rotatable bonds is 12. The second-order valence-corrected chi connectivity index (χ2v) is 10.3. The Morgan fingerprint density at radius 1 is 0.895 bits per heavy atom. The normalized spacial score (nSPS) is 12.7. The lowest BCUT2D eigenvalue weighted by Crippen LogP contribution is -2.32. The average molecular weight is 530 g/mol. The van der Waals surface area contributed by atoms with Gasteiger partial charge < -0.3 is 24.0 Å². The van der Waals surface area contributed by atoms with Crippen LogP contribution in [0.4, 0.5) is 10.8 Å². The number of aromatic nitrogens is 1. The number of nitrogens with zero attached hydrogens (tertiary/aromatic N) is 3. The zero-order valence-corrected chi connectivity index (χ0v) is 23.0. The molecule has 198 valence electrons. The van der Waals surface area contributed by atoms with Gasteiger partial charge in [-0.2, -0.15) is 0 Å². The number of fused-ring (bicyclic) bond motifs is 1. The fourth-order valence-corrected chi connectivity index (χ4v) is 5.69. The summed E-state index contributed by atoms with van der Waals surface area (Å²) in [5, 5.41) is 3.08. The largest absolute Gasteiger partial charge is 0.497 e. The molecule has 38 heavy (non-hydrogen) atoms. The minimum atomic E-state index is 0.512. The maximum absolute atomic E-state index is 6.08. The number of thiazole rings is 1. The highest BCUT2D eigenvalue weighted by Gasteiger charge is 2.17. The van der Waals surface area contributed by atoms with Gasteiger partial charge in [0.15, 0.2) is 5.13 Å². The molecule has 1 aliphatic heterocycles. The highest BCUT2D eigenvalue weighted by Crippen LogP contribution is 2.28. The molecule has 0 N–H and O–H groups in total. The van der Waals surface area contributed by atoms with Crippen molar-refractivity contribution < 1.29 is 14.2 Å². The van der Waals surface area contributed by atoms with Gasteiger partial charge in [0.2, 0.25) is 0 Å². The van der Waals surface area contributed by atoms with Crippen LogP contribution in [0.3, 0.4) is 0 Å². The van der Waals surface area contributed by atoms with Crippen LogP contribution in [0.1, 0.15) is 28.8 Å². The van der Waals surface area contributed by atoms with E-state index in [1.54, 1.807) is 25.6 Å². The van der Waals surface area contributed by atoms with Crippen LogP contribution >= 0.6 is 11.3 Å². The summed E-state index contributed by atoms with van der Waals surface area (Å²) in [6.07, 6.45) is 2.36. The fraction of sp³-hybridized carbons (Fsp3) is 0.323. The molecule has 0 fully saturated rings. The van der Waals surface area contributed by atoms with Crippen molar-refractivity contribution in [3.05, 3.63) is 101 Å². The third kappa shape index (κ3) is 6.65. The van der Waals surface area contributed by atoms with Crippen LogP contribution in [-0.2, 0) is 30.9 Å². The molecule has 6 nitrogen and oxygen atoms in total. The van der Waals surface area contributed by atoms with Gasteiger partial charge in [-0.3, -0.25) is 0 Å².